The molecular formula is C13H28O6Si. The number of ether oxygens (including phenoxy) is 1. The van der Waals surface area contributed by atoms with Gasteiger partial charge in [0.2, 0.25) is 0 Å². The first kappa shape index (κ1) is 19.5. The van der Waals surface area contributed by atoms with Gasteiger partial charge in [-0.05, 0) is 27.2 Å². The normalized spacial score (nSPS) is 13.2. The molecule has 0 heterocycles. The zero-order chi connectivity index (χ0) is 15.4. The van der Waals surface area contributed by atoms with Crippen molar-refractivity contribution in [3.63, 3.8) is 0 Å². The van der Waals surface area contributed by atoms with Gasteiger partial charge in [0, 0.05) is 26.7 Å². The van der Waals surface area contributed by atoms with Crippen LogP contribution < -0.4 is 0 Å². The summed E-state index contributed by atoms with van der Waals surface area (Å²) < 4.78 is 27.7. The standard InChI is InChI=1S/C13H28O6Si/c1-6-10-13(19-12(5)14)11-18-20(15-7-2,16-8-3)17-9-4/h13H,6-11H2,1-5H3. The van der Waals surface area contributed by atoms with Gasteiger partial charge in [0.15, 0.2) is 0 Å². The fourth-order valence-corrected chi connectivity index (χ4v) is 3.66. The summed E-state index contributed by atoms with van der Waals surface area (Å²) in [7, 11) is -3.13. The van der Waals surface area contributed by atoms with Gasteiger partial charge < -0.3 is 22.4 Å². The molecule has 0 fully saturated rings. The summed E-state index contributed by atoms with van der Waals surface area (Å²) in [5.41, 5.74) is 0. The molecule has 1 atom stereocenters. The van der Waals surface area contributed by atoms with Crippen molar-refractivity contribution in [2.24, 2.45) is 0 Å². The van der Waals surface area contributed by atoms with E-state index in [4.69, 9.17) is 22.4 Å². The SMILES string of the molecule is CCCC(CO[Si](OCC)(OCC)OCC)OC(C)=O. The second-order valence-electron chi connectivity index (χ2n) is 4.13. The first-order valence-corrected chi connectivity index (χ1v) is 8.89. The van der Waals surface area contributed by atoms with Gasteiger partial charge in [-0.15, -0.1) is 0 Å². The number of hydrogen-bond acceptors (Lipinski definition) is 6. The van der Waals surface area contributed by atoms with Crippen LogP contribution in [0.3, 0.4) is 0 Å². The average molecular weight is 308 g/mol. The van der Waals surface area contributed by atoms with Crippen molar-refractivity contribution in [3.8, 4) is 0 Å². The predicted octanol–water partition coefficient (Wildman–Crippen LogP) is 2.28. The Hall–Kier alpha value is -0.473. The van der Waals surface area contributed by atoms with Crippen LogP contribution in [0.4, 0.5) is 0 Å². The molecule has 0 saturated heterocycles. The molecule has 120 valence electrons. The van der Waals surface area contributed by atoms with Crippen molar-refractivity contribution in [2.45, 2.75) is 53.6 Å². The second kappa shape index (κ2) is 11.2. The highest BCUT2D eigenvalue weighted by Gasteiger charge is 2.45. The number of carbonyl (C=O) groups is 1. The Morgan fingerprint density at radius 3 is 1.80 bits per heavy atom. The summed E-state index contributed by atoms with van der Waals surface area (Å²) in [5.74, 6) is -0.316. The summed E-state index contributed by atoms with van der Waals surface area (Å²) in [6.07, 6.45) is 1.33. The van der Waals surface area contributed by atoms with E-state index in [0.717, 1.165) is 12.8 Å². The smallest absolute Gasteiger partial charge is 0.460 e. The van der Waals surface area contributed by atoms with Crippen molar-refractivity contribution < 1.29 is 27.2 Å². The topological polar surface area (TPSA) is 63.2 Å². The summed E-state index contributed by atoms with van der Waals surface area (Å²) in [5, 5.41) is 0. The fourth-order valence-electron chi connectivity index (χ4n) is 1.71. The van der Waals surface area contributed by atoms with Crippen LogP contribution in [-0.4, -0.2) is 47.5 Å². The van der Waals surface area contributed by atoms with Gasteiger partial charge in [-0.3, -0.25) is 4.79 Å². The van der Waals surface area contributed by atoms with Gasteiger partial charge >= 0.3 is 15.0 Å². The van der Waals surface area contributed by atoms with Crippen LogP contribution in [0.5, 0.6) is 0 Å². The lowest BCUT2D eigenvalue weighted by Crippen LogP contribution is -2.50. The molecular weight excluding hydrogens is 280 g/mol. The van der Waals surface area contributed by atoms with E-state index in [-0.39, 0.29) is 18.7 Å². The monoisotopic (exact) mass is 308 g/mol. The van der Waals surface area contributed by atoms with Crippen molar-refractivity contribution in [3.05, 3.63) is 0 Å². The van der Waals surface area contributed by atoms with Crippen LogP contribution in [0.1, 0.15) is 47.5 Å². The van der Waals surface area contributed by atoms with E-state index < -0.39 is 9.05 Å². The van der Waals surface area contributed by atoms with E-state index in [1.54, 1.807) is 0 Å². The molecule has 0 aromatic rings. The Kier molecular flexibility index (Phi) is 10.9. The maximum Gasteiger partial charge on any atom is 0.679 e. The minimum Gasteiger partial charge on any atom is -0.460 e. The van der Waals surface area contributed by atoms with Crippen LogP contribution in [0.2, 0.25) is 0 Å². The molecule has 0 saturated carbocycles. The Morgan fingerprint density at radius 1 is 0.950 bits per heavy atom. The Bertz CT molecular complexity index is 244. The maximum absolute atomic E-state index is 11.1. The third-order valence-electron chi connectivity index (χ3n) is 2.35. The van der Waals surface area contributed by atoms with Gasteiger partial charge in [-0.2, -0.15) is 0 Å². The summed E-state index contributed by atoms with van der Waals surface area (Å²) in [4.78, 5) is 11.1. The highest BCUT2D eigenvalue weighted by molar-refractivity contribution is 6.53. The highest BCUT2D eigenvalue weighted by atomic mass is 28.4. The van der Waals surface area contributed by atoms with E-state index in [2.05, 4.69) is 0 Å². The molecule has 0 amide bonds. The van der Waals surface area contributed by atoms with E-state index in [1.165, 1.54) is 6.92 Å². The van der Waals surface area contributed by atoms with Gasteiger partial charge in [0.05, 0.1) is 6.61 Å². The number of esters is 1. The Morgan fingerprint density at radius 2 is 1.45 bits per heavy atom. The van der Waals surface area contributed by atoms with Crippen LogP contribution in [0.15, 0.2) is 0 Å². The molecule has 0 aliphatic carbocycles. The number of rotatable bonds is 12. The minimum absolute atomic E-state index is 0.222. The highest BCUT2D eigenvalue weighted by Crippen LogP contribution is 2.14. The van der Waals surface area contributed by atoms with Gasteiger partial charge in [-0.25, -0.2) is 0 Å². The van der Waals surface area contributed by atoms with Crippen LogP contribution in [0.25, 0.3) is 0 Å². The second-order valence-corrected chi connectivity index (χ2v) is 6.28. The van der Waals surface area contributed by atoms with E-state index >= 15 is 0 Å². The Balaban J connectivity index is 4.62. The van der Waals surface area contributed by atoms with Crippen molar-refractivity contribution in [2.75, 3.05) is 26.4 Å². The van der Waals surface area contributed by atoms with Crippen LogP contribution in [-0.2, 0) is 27.2 Å². The fraction of sp³-hybridized carbons (Fsp3) is 0.923. The molecule has 20 heavy (non-hydrogen) atoms. The molecule has 0 radical (unpaired) electrons. The molecule has 0 spiro atoms. The first-order valence-electron chi connectivity index (χ1n) is 7.26. The molecule has 0 aliphatic heterocycles. The largest absolute Gasteiger partial charge is 0.679 e. The Labute approximate surface area is 123 Å². The summed E-state index contributed by atoms with van der Waals surface area (Å²) in [6.45, 7) is 10.5. The molecule has 7 heteroatoms. The van der Waals surface area contributed by atoms with Crippen molar-refractivity contribution >= 4 is 15.0 Å². The summed E-state index contributed by atoms with van der Waals surface area (Å²) in [6, 6.07) is 0. The van der Waals surface area contributed by atoms with E-state index in [1.807, 2.05) is 27.7 Å². The molecule has 0 aliphatic rings. The molecule has 0 bridgehead atoms. The average Bonchev–Trinajstić information content (AvgIpc) is 2.37. The van der Waals surface area contributed by atoms with Crippen molar-refractivity contribution in [1.29, 1.82) is 0 Å². The lowest BCUT2D eigenvalue weighted by molar-refractivity contribution is -0.150. The van der Waals surface area contributed by atoms with Gasteiger partial charge in [0.25, 0.3) is 0 Å². The first-order chi connectivity index (χ1) is 9.53. The quantitative estimate of drug-likeness (QED) is 0.407. The molecule has 0 rings (SSSR count). The van der Waals surface area contributed by atoms with E-state index in [9.17, 15) is 4.79 Å². The zero-order valence-electron chi connectivity index (χ0n) is 13.3. The number of hydrogen-bond donors (Lipinski definition) is 0. The van der Waals surface area contributed by atoms with Crippen LogP contribution in [0, 0.1) is 0 Å². The molecule has 0 N–H and O–H groups in total. The lowest BCUT2D eigenvalue weighted by atomic mass is 10.2. The van der Waals surface area contributed by atoms with Gasteiger partial charge in [-0.1, -0.05) is 13.3 Å². The van der Waals surface area contributed by atoms with E-state index in [0.29, 0.717) is 19.8 Å². The lowest BCUT2D eigenvalue weighted by Gasteiger charge is -2.28. The van der Waals surface area contributed by atoms with Crippen LogP contribution >= 0.6 is 0 Å². The van der Waals surface area contributed by atoms with Gasteiger partial charge in [0.1, 0.15) is 6.10 Å². The predicted molar refractivity (Wildman–Crippen MR) is 77.0 cm³/mol. The third kappa shape index (κ3) is 7.96. The summed E-state index contributed by atoms with van der Waals surface area (Å²) >= 11 is 0. The minimum atomic E-state index is -3.13. The number of carbonyl (C=O) groups excluding carboxylic acids is 1. The van der Waals surface area contributed by atoms with Crippen molar-refractivity contribution in [1.82, 2.24) is 0 Å². The molecule has 0 aromatic heterocycles. The zero-order valence-corrected chi connectivity index (χ0v) is 14.3. The molecule has 1 unspecified atom stereocenters. The maximum atomic E-state index is 11.1. The third-order valence-corrected chi connectivity index (χ3v) is 4.80. The molecule has 0 aromatic carbocycles. The molecule has 6 nitrogen and oxygen atoms in total.